The number of unbranched alkanes of at least 4 members (excludes halogenated alkanes) is 2. The minimum atomic E-state index is -0.723. The fraction of sp³-hybridized carbons (Fsp3) is 0.500. The van der Waals surface area contributed by atoms with Crippen LogP contribution in [0, 0.1) is 0 Å². The van der Waals surface area contributed by atoms with Crippen LogP contribution < -0.4 is 10.6 Å². The lowest BCUT2D eigenvalue weighted by Crippen LogP contribution is -2.38. The van der Waals surface area contributed by atoms with Crippen molar-refractivity contribution in [2.45, 2.75) is 32.3 Å². The average Bonchev–Trinajstić information content (AvgIpc) is 2.42. The number of urea groups is 1. The summed E-state index contributed by atoms with van der Waals surface area (Å²) < 4.78 is 0. The number of aliphatic hydroxyl groups excluding tert-OH is 1. The molecule has 4 nitrogen and oxygen atoms in total. The van der Waals surface area contributed by atoms with Gasteiger partial charge in [-0.15, -0.1) is 0 Å². The summed E-state index contributed by atoms with van der Waals surface area (Å²) in [7, 11) is 0. The third-order valence-corrected chi connectivity index (χ3v) is 3.03. The smallest absolute Gasteiger partial charge is 0.314 e. The van der Waals surface area contributed by atoms with Crippen LogP contribution in [0.15, 0.2) is 24.3 Å². The van der Waals surface area contributed by atoms with E-state index in [1.54, 1.807) is 24.3 Å². The Balaban J connectivity index is 2.24. The van der Waals surface area contributed by atoms with Gasteiger partial charge in [0.2, 0.25) is 0 Å². The highest BCUT2D eigenvalue weighted by molar-refractivity contribution is 6.30. The van der Waals surface area contributed by atoms with Gasteiger partial charge in [-0.25, -0.2) is 4.79 Å². The summed E-state index contributed by atoms with van der Waals surface area (Å²) in [5, 5.41) is 15.9. The van der Waals surface area contributed by atoms with E-state index >= 15 is 0 Å². The second kappa shape index (κ2) is 8.77. The van der Waals surface area contributed by atoms with Crippen molar-refractivity contribution in [1.82, 2.24) is 10.6 Å². The van der Waals surface area contributed by atoms with Crippen LogP contribution in [0.3, 0.4) is 0 Å². The predicted octanol–water partition coefficient (Wildman–Crippen LogP) is 2.86. The maximum atomic E-state index is 11.4. The molecule has 0 saturated carbocycles. The van der Waals surface area contributed by atoms with E-state index in [1.807, 2.05) is 0 Å². The van der Waals surface area contributed by atoms with Crippen molar-refractivity contribution < 1.29 is 9.90 Å². The van der Waals surface area contributed by atoms with E-state index in [0.29, 0.717) is 11.6 Å². The molecule has 0 bridgehead atoms. The summed E-state index contributed by atoms with van der Waals surface area (Å²) in [4.78, 5) is 11.4. The van der Waals surface area contributed by atoms with Gasteiger partial charge in [0.05, 0.1) is 6.10 Å². The standard InChI is InChI=1S/C14H21ClN2O2/c1-2-3-4-9-16-14(19)17-10-13(18)11-5-7-12(15)8-6-11/h5-8,13,18H,2-4,9-10H2,1H3,(H2,16,17,19)/t13-/m0/s1. The number of carbonyl (C=O) groups excluding carboxylic acids is 1. The van der Waals surface area contributed by atoms with E-state index in [9.17, 15) is 9.90 Å². The summed E-state index contributed by atoms with van der Waals surface area (Å²) in [6, 6.07) is 6.67. The molecule has 19 heavy (non-hydrogen) atoms. The van der Waals surface area contributed by atoms with Gasteiger partial charge in [0.1, 0.15) is 0 Å². The second-order valence-electron chi connectivity index (χ2n) is 4.41. The zero-order valence-electron chi connectivity index (χ0n) is 11.2. The molecule has 1 aromatic rings. The molecule has 0 aliphatic carbocycles. The number of rotatable bonds is 7. The molecule has 0 saturated heterocycles. The number of benzene rings is 1. The summed E-state index contributed by atoms with van der Waals surface area (Å²) in [5.74, 6) is 0. The summed E-state index contributed by atoms with van der Waals surface area (Å²) in [6.07, 6.45) is 2.48. The lowest BCUT2D eigenvalue weighted by molar-refractivity contribution is 0.173. The van der Waals surface area contributed by atoms with Crippen LogP contribution in [0.4, 0.5) is 4.79 Å². The van der Waals surface area contributed by atoms with E-state index in [1.165, 1.54) is 0 Å². The minimum absolute atomic E-state index is 0.182. The topological polar surface area (TPSA) is 61.4 Å². The van der Waals surface area contributed by atoms with Crippen molar-refractivity contribution >= 4 is 17.6 Å². The first-order valence-corrected chi connectivity index (χ1v) is 6.96. The molecular weight excluding hydrogens is 264 g/mol. The molecule has 0 heterocycles. The summed E-state index contributed by atoms with van der Waals surface area (Å²) >= 11 is 5.77. The molecule has 0 spiro atoms. The summed E-state index contributed by atoms with van der Waals surface area (Å²) in [5.41, 5.74) is 0.732. The maximum Gasteiger partial charge on any atom is 0.314 e. The second-order valence-corrected chi connectivity index (χ2v) is 4.85. The molecule has 1 atom stereocenters. The van der Waals surface area contributed by atoms with E-state index in [2.05, 4.69) is 17.6 Å². The van der Waals surface area contributed by atoms with Crippen molar-refractivity contribution in [1.29, 1.82) is 0 Å². The zero-order valence-corrected chi connectivity index (χ0v) is 11.9. The molecule has 2 amide bonds. The minimum Gasteiger partial charge on any atom is -0.387 e. The molecule has 0 unspecified atom stereocenters. The molecule has 5 heteroatoms. The van der Waals surface area contributed by atoms with Crippen molar-refractivity contribution in [3.8, 4) is 0 Å². The first-order valence-electron chi connectivity index (χ1n) is 6.58. The van der Waals surface area contributed by atoms with Crippen LogP contribution in [0.25, 0.3) is 0 Å². The third kappa shape index (κ3) is 6.45. The molecule has 1 aromatic carbocycles. The van der Waals surface area contributed by atoms with E-state index < -0.39 is 6.10 Å². The first kappa shape index (κ1) is 15.8. The van der Waals surface area contributed by atoms with Crippen LogP contribution >= 0.6 is 11.6 Å². The fourth-order valence-corrected chi connectivity index (χ4v) is 1.76. The summed E-state index contributed by atoms with van der Waals surface area (Å²) in [6.45, 7) is 2.96. The SMILES string of the molecule is CCCCCNC(=O)NC[C@H](O)c1ccc(Cl)cc1. The highest BCUT2D eigenvalue weighted by Gasteiger charge is 2.08. The normalized spacial score (nSPS) is 11.9. The molecule has 1 rings (SSSR count). The molecule has 0 radical (unpaired) electrons. The Bertz CT molecular complexity index is 382. The van der Waals surface area contributed by atoms with Crippen LogP contribution in [0.5, 0.6) is 0 Å². The van der Waals surface area contributed by atoms with Crippen molar-refractivity contribution in [3.05, 3.63) is 34.9 Å². The number of aliphatic hydroxyl groups is 1. The monoisotopic (exact) mass is 284 g/mol. The molecule has 0 aliphatic heterocycles. The van der Waals surface area contributed by atoms with Gasteiger partial charge in [-0.2, -0.15) is 0 Å². The quantitative estimate of drug-likeness (QED) is 0.674. The number of carbonyl (C=O) groups is 1. The highest BCUT2D eigenvalue weighted by atomic mass is 35.5. The Labute approximate surface area is 119 Å². The number of hydrogen-bond acceptors (Lipinski definition) is 2. The molecule has 3 N–H and O–H groups in total. The Hall–Kier alpha value is -1.26. The van der Waals surface area contributed by atoms with Crippen LogP contribution in [0.2, 0.25) is 5.02 Å². The van der Waals surface area contributed by atoms with Gasteiger partial charge in [-0.3, -0.25) is 0 Å². The Kier molecular flexibility index (Phi) is 7.30. The molecule has 0 aromatic heterocycles. The number of amides is 2. The molecular formula is C14H21ClN2O2. The van der Waals surface area contributed by atoms with Gasteiger partial charge in [-0.1, -0.05) is 43.5 Å². The van der Waals surface area contributed by atoms with Gasteiger partial charge in [0.15, 0.2) is 0 Å². The molecule has 0 aliphatic rings. The number of nitrogens with one attached hydrogen (secondary N) is 2. The Morgan fingerprint density at radius 1 is 1.26 bits per heavy atom. The van der Waals surface area contributed by atoms with Gasteiger partial charge in [0.25, 0.3) is 0 Å². The van der Waals surface area contributed by atoms with Crippen molar-refractivity contribution in [3.63, 3.8) is 0 Å². The van der Waals surface area contributed by atoms with Crippen molar-refractivity contribution in [2.24, 2.45) is 0 Å². The van der Waals surface area contributed by atoms with Crippen LogP contribution in [-0.2, 0) is 0 Å². The maximum absolute atomic E-state index is 11.4. The fourth-order valence-electron chi connectivity index (χ4n) is 1.63. The Morgan fingerprint density at radius 2 is 1.95 bits per heavy atom. The zero-order chi connectivity index (χ0) is 14.1. The van der Waals surface area contributed by atoms with Gasteiger partial charge in [0, 0.05) is 18.1 Å². The lowest BCUT2D eigenvalue weighted by atomic mass is 10.1. The van der Waals surface area contributed by atoms with E-state index in [0.717, 1.165) is 24.8 Å². The number of halogens is 1. The van der Waals surface area contributed by atoms with Gasteiger partial charge in [-0.05, 0) is 24.1 Å². The number of hydrogen-bond donors (Lipinski definition) is 3. The third-order valence-electron chi connectivity index (χ3n) is 2.78. The van der Waals surface area contributed by atoms with Crippen LogP contribution in [0.1, 0.15) is 37.9 Å². The van der Waals surface area contributed by atoms with Crippen LogP contribution in [-0.4, -0.2) is 24.2 Å². The molecule has 0 fully saturated rings. The highest BCUT2D eigenvalue weighted by Crippen LogP contribution is 2.15. The van der Waals surface area contributed by atoms with Crippen molar-refractivity contribution in [2.75, 3.05) is 13.1 Å². The predicted molar refractivity (Wildman–Crippen MR) is 77.3 cm³/mol. The lowest BCUT2D eigenvalue weighted by Gasteiger charge is -2.13. The van der Waals surface area contributed by atoms with Gasteiger partial charge >= 0.3 is 6.03 Å². The first-order chi connectivity index (χ1) is 9.13. The van der Waals surface area contributed by atoms with E-state index in [-0.39, 0.29) is 12.6 Å². The average molecular weight is 285 g/mol. The van der Waals surface area contributed by atoms with Gasteiger partial charge < -0.3 is 15.7 Å². The van der Waals surface area contributed by atoms with E-state index in [4.69, 9.17) is 11.6 Å². The largest absolute Gasteiger partial charge is 0.387 e. The Morgan fingerprint density at radius 3 is 2.58 bits per heavy atom. The molecule has 106 valence electrons.